The quantitative estimate of drug-likeness (QED) is 0.657. The molecule has 160 valence electrons. The number of amides is 2. The van der Waals surface area contributed by atoms with Gasteiger partial charge < -0.3 is 10.2 Å². The fraction of sp³-hybridized carbons (Fsp3) is 0.333. The lowest BCUT2D eigenvalue weighted by molar-refractivity contribution is -0.121. The van der Waals surface area contributed by atoms with E-state index in [1.807, 2.05) is 11.8 Å². The third-order valence-corrected chi connectivity index (χ3v) is 5.94. The molecule has 2 amide bonds. The van der Waals surface area contributed by atoms with E-state index in [2.05, 4.69) is 5.32 Å². The molecule has 30 heavy (non-hydrogen) atoms. The maximum Gasteiger partial charge on any atom is 0.288 e. The number of nitrogens with one attached hydrogen (secondary N) is 1. The van der Waals surface area contributed by atoms with Gasteiger partial charge in [-0.3, -0.25) is 14.5 Å². The number of nitrogens with zero attached hydrogens (tertiary/aromatic N) is 2. The number of thioether (sulfide) groups is 1. The summed E-state index contributed by atoms with van der Waals surface area (Å²) >= 11 is 6.33. The Kier molecular flexibility index (Phi) is 7.69. The normalized spacial score (nSPS) is 15.8. The van der Waals surface area contributed by atoms with E-state index in [0.717, 1.165) is 0 Å². The number of halogens is 3. The molecule has 2 aromatic rings. The molecule has 5 nitrogen and oxygen atoms in total. The molecule has 1 unspecified atom stereocenters. The molecule has 1 atom stereocenters. The van der Waals surface area contributed by atoms with E-state index in [1.54, 1.807) is 53.4 Å². The Morgan fingerprint density at radius 1 is 1.00 bits per heavy atom. The van der Waals surface area contributed by atoms with Gasteiger partial charge >= 0.3 is 0 Å². The molecule has 1 aliphatic rings. The SMILES string of the molecule is CC(C(=O)Nc1ccc(SC(F)F)cc1)N1CCN(C(=O)c2ccc(Cl)cc2)CC1. The summed E-state index contributed by atoms with van der Waals surface area (Å²) in [6, 6.07) is 12.7. The zero-order valence-corrected chi connectivity index (χ0v) is 17.9. The zero-order chi connectivity index (χ0) is 21.7. The number of benzene rings is 2. The van der Waals surface area contributed by atoms with Crippen LogP contribution in [0, 0.1) is 0 Å². The average Bonchev–Trinajstić information content (AvgIpc) is 2.74. The van der Waals surface area contributed by atoms with Crippen molar-refractivity contribution in [3.8, 4) is 0 Å². The molecule has 0 spiro atoms. The van der Waals surface area contributed by atoms with E-state index in [1.165, 1.54) is 0 Å². The van der Waals surface area contributed by atoms with Gasteiger partial charge in [-0.1, -0.05) is 23.4 Å². The number of hydrogen-bond donors (Lipinski definition) is 1. The summed E-state index contributed by atoms with van der Waals surface area (Å²) < 4.78 is 24.8. The highest BCUT2D eigenvalue weighted by Crippen LogP contribution is 2.26. The Hall–Kier alpha value is -2.16. The van der Waals surface area contributed by atoms with Crippen molar-refractivity contribution in [2.75, 3.05) is 31.5 Å². The van der Waals surface area contributed by atoms with Gasteiger partial charge in [-0.15, -0.1) is 0 Å². The van der Waals surface area contributed by atoms with Gasteiger partial charge in [0.05, 0.1) is 6.04 Å². The van der Waals surface area contributed by atoms with E-state index < -0.39 is 5.76 Å². The molecule has 9 heteroatoms. The van der Waals surface area contributed by atoms with Crippen LogP contribution in [-0.2, 0) is 4.79 Å². The second-order valence-corrected chi connectivity index (χ2v) is 8.40. The minimum absolute atomic E-state index is 0.0508. The highest BCUT2D eigenvalue weighted by atomic mass is 35.5. The largest absolute Gasteiger partial charge is 0.336 e. The predicted octanol–water partition coefficient (Wildman–Crippen LogP) is 4.44. The molecule has 0 aromatic heterocycles. The Bertz CT molecular complexity index is 873. The van der Waals surface area contributed by atoms with Crippen LogP contribution in [0.5, 0.6) is 0 Å². The molecule has 1 fully saturated rings. The van der Waals surface area contributed by atoms with Crippen LogP contribution in [-0.4, -0.2) is 59.6 Å². The van der Waals surface area contributed by atoms with E-state index in [4.69, 9.17) is 11.6 Å². The van der Waals surface area contributed by atoms with Gasteiger partial charge in [0.1, 0.15) is 0 Å². The summed E-state index contributed by atoms with van der Waals surface area (Å²) in [6.45, 7) is 4.03. The first kappa shape index (κ1) is 22.5. The van der Waals surface area contributed by atoms with Crippen LogP contribution < -0.4 is 5.32 Å². The van der Waals surface area contributed by atoms with Gasteiger partial charge in [-0.2, -0.15) is 8.78 Å². The fourth-order valence-electron chi connectivity index (χ4n) is 3.22. The van der Waals surface area contributed by atoms with Gasteiger partial charge in [-0.05, 0) is 55.5 Å². The first-order valence-electron chi connectivity index (χ1n) is 9.48. The number of carbonyl (C=O) groups excluding carboxylic acids is 2. The van der Waals surface area contributed by atoms with E-state index in [0.29, 0.717) is 59.1 Å². The molecular formula is C21H22ClF2N3O2S. The second kappa shape index (κ2) is 10.2. The van der Waals surface area contributed by atoms with Crippen molar-refractivity contribution < 1.29 is 18.4 Å². The lowest BCUT2D eigenvalue weighted by Crippen LogP contribution is -2.54. The van der Waals surface area contributed by atoms with Crippen LogP contribution >= 0.6 is 23.4 Å². The second-order valence-electron chi connectivity index (χ2n) is 6.90. The van der Waals surface area contributed by atoms with Gasteiger partial charge in [0.15, 0.2) is 0 Å². The molecule has 0 saturated carbocycles. The number of carbonyl (C=O) groups is 2. The standard InChI is InChI=1S/C21H22ClF2N3O2S/c1-14(19(28)25-17-6-8-18(9-7-17)30-21(23)24)26-10-12-27(13-11-26)20(29)15-2-4-16(22)5-3-15/h2-9,14,21H,10-13H2,1H3,(H,25,28). The zero-order valence-electron chi connectivity index (χ0n) is 16.4. The molecule has 1 heterocycles. The smallest absolute Gasteiger partial charge is 0.288 e. The number of hydrogen-bond acceptors (Lipinski definition) is 4. The van der Waals surface area contributed by atoms with Crippen molar-refractivity contribution >= 4 is 40.9 Å². The molecule has 0 radical (unpaired) electrons. The van der Waals surface area contributed by atoms with Crippen molar-refractivity contribution in [3.05, 3.63) is 59.1 Å². The van der Waals surface area contributed by atoms with Gasteiger partial charge in [0.25, 0.3) is 11.7 Å². The van der Waals surface area contributed by atoms with Crippen LogP contribution in [0.4, 0.5) is 14.5 Å². The number of piperazine rings is 1. The van der Waals surface area contributed by atoms with Gasteiger partial charge in [0, 0.05) is 47.3 Å². The summed E-state index contributed by atoms with van der Waals surface area (Å²) in [5.74, 6) is -2.71. The maximum atomic E-state index is 12.6. The summed E-state index contributed by atoms with van der Waals surface area (Å²) in [6.07, 6.45) is 0. The minimum atomic E-state index is -2.48. The van der Waals surface area contributed by atoms with Crippen LogP contribution in [0.15, 0.2) is 53.4 Å². The average molecular weight is 454 g/mol. The first-order valence-corrected chi connectivity index (χ1v) is 10.7. The molecule has 1 N–H and O–H groups in total. The Balaban J connectivity index is 1.50. The topological polar surface area (TPSA) is 52.7 Å². The Morgan fingerprint density at radius 3 is 2.17 bits per heavy atom. The number of anilines is 1. The maximum absolute atomic E-state index is 12.6. The summed E-state index contributed by atoms with van der Waals surface area (Å²) in [7, 11) is 0. The number of rotatable bonds is 6. The van der Waals surface area contributed by atoms with Crippen LogP contribution in [0.3, 0.4) is 0 Å². The van der Waals surface area contributed by atoms with Crippen LogP contribution in [0.2, 0.25) is 5.02 Å². The van der Waals surface area contributed by atoms with Crippen molar-refractivity contribution in [1.29, 1.82) is 0 Å². The lowest BCUT2D eigenvalue weighted by atomic mass is 10.1. The predicted molar refractivity (Wildman–Crippen MR) is 115 cm³/mol. The van der Waals surface area contributed by atoms with Crippen molar-refractivity contribution in [1.82, 2.24) is 9.80 Å². The summed E-state index contributed by atoms with van der Waals surface area (Å²) in [5, 5.41) is 3.40. The van der Waals surface area contributed by atoms with Crippen LogP contribution in [0.25, 0.3) is 0 Å². The van der Waals surface area contributed by atoms with Crippen molar-refractivity contribution in [2.24, 2.45) is 0 Å². The lowest BCUT2D eigenvalue weighted by Gasteiger charge is -2.37. The highest BCUT2D eigenvalue weighted by Gasteiger charge is 2.28. The van der Waals surface area contributed by atoms with Crippen molar-refractivity contribution in [3.63, 3.8) is 0 Å². The number of alkyl halides is 2. The van der Waals surface area contributed by atoms with E-state index >= 15 is 0 Å². The molecule has 1 saturated heterocycles. The monoisotopic (exact) mass is 453 g/mol. The molecule has 0 bridgehead atoms. The molecule has 0 aliphatic carbocycles. The molecular weight excluding hydrogens is 432 g/mol. The fourth-order valence-corrected chi connectivity index (χ4v) is 3.84. The van der Waals surface area contributed by atoms with E-state index in [-0.39, 0.29) is 17.9 Å². The molecule has 2 aromatic carbocycles. The molecule has 3 rings (SSSR count). The van der Waals surface area contributed by atoms with Crippen molar-refractivity contribution in [2.45, 2.75) is 23.6 Å². The third kappa shape index (κ3) is 5.93. The third-order valence-electron chi connectivity index (χ3n) is 4.97. The highest BCUT2D eigenvalue weighted by molar-refractivity contribution is 7.99. The first-order chi connectivity index (χ1) is 14.3. The van der Waals surface area contributed by atoms with E-state index in [9.17, 15) is 18.4 Å². The van der Waals surface area contributed by atoms with Gasteiger partial charge in [-0.25, -0.2) is 0 Å². The summed E-state index contributed by atoms with van der Waals surface area (Å²) in [4.78, 5) is 29.4. The van der Waals surface area contributed by atoms with Gasteiger partial charge in [0.2, 0.25) is 5.91 Å². The molecule has 1 aliphatic heterocycles. The summed E-state index contributed by atoms with van der Waals surface area (Å²) in [5.41, 5.74) is 1.15. The Morgan fingerprint density at radius 2 is 1.60 bits per heavy atom. The van der Waals surface area contributed by atoms with Crippen LogP contribution in [0.1, 0.15) is 17.3 Å². The Labute approximate surface area is 183 Å². The minimum Gasteiger partial charge on any atom is -0.336 e.